The standard InChI is InChI=1S/C24H31ClN6O3/c1-3-34-20(13-32)24-29-18-9-19(23(26)30-33)28-21(16-8-17(25)11-27-10-16)22(18)31(24)12-15-6-4-14(2)5-7-15/h8-11,14-15,20,32-33H,3-7,12-13H2,1-2H3,(H2,26,30). The van der Waals surface area contributed by atoms with Gasteiger partial charge in [0.05, 0.1) is 28.4 Å². The molecule has 3 heterocycles. The van der Waals surface area contributed by atoms with E-state index in [4.69, 9.17) is 32.0 Å². The predicted octanol–water partition coefficient (Wildman–Crippen LogP) is 4.14. The Bertz CT molecular complexity index is 1170. The Hall–Kier alpha value is -2.75. The zero-order valence-electron chi connectivity index (χ0n) is 19.5. The maximum atomic E-state index is 10.1. The molecule has 1 saturated carbocycles. The molecule has 0 amide bonds. The van der Waals surface area contributed by atoms with Crippen molar-refractivity contribution in [1.29, 1.82) is 0 Å². The Balaban J connectivity index is 1.96. The number of ether oxygens (including phenoxy) is 1. The molecular formula is C24H31ClN6O3. The van der Waals surface area contributed by atoms with Crippen molar-refractivity contribution in [1.82, 2.24) is 19.5 Å². The molecule has 9 nitrogen and oxygen atoms in total. The number of pyridine rings is 2. The number of aliphatic hydroxyl groups is 1. The van der Waals surface area contributed by atoms with Gasteiger partial charge < -0.3 is 25.4 Å². The zero-order valence-corrected chi connectivity index (χ0v) is 20.2. The molecule has 0 bridgehead atoms. The summed E-state index contributed by atoms with van der Waals surface area (Å²) in [5, 5.41) is 23.0. The number of rotatable bonds is 8. The Kier molecular flexibility index (Phi) is 7.65. The number of halogens is 1. The first-order valence-electron chi connectivity index (χ1n) is 11.7. The normalized spacial score (nSPS) is 20.1. The van der Waals surface area contributed by atoms with Crippen LogP contribution >= 0.6 is 11.6 Å². The topological polar surface area (TPSA) is 132 Å². The van der Waals surface area contributed by atoms with E-state index < -0.39 is 6.10 Å². The molecule has 1 aliphatic rings. The fourth-order valence-corrected chi connectivity index (χ4v) is 4.88. The van der Waals surface area contributed by atoms with Gasteiger partial charge in [-0.25, -0.2) is 9.97 Å². The highest BCUT2D eigenvalue weighted by molar-refractivity contribution is 6.30. The van der Waals surface area contributed by atoms with Crippen LogP contribution in [0.2, 0.25) is 5.02 Å². The van der Waals surface area contributed by atoms with Crippen molar-refractivity contribution in [3.63, 3.8) is 0 Å². The van der Waals surface area contributed by atoms with Gasteiger partial charge in [-0.15, -0.1) is 0 Å². The molecule has 4 N–H and O–H groups in total. The number of imidazole rings is 1. The summed E-state index contributed by atoms with van der Waals surface area (Å²) in [6.07, 6.45) is 7.28. The molecule has 1 aliphatic carbocycles. The fourth-order valence-electron chi connectivity index (χ4n) is 4.71. The van der Waals surface area contributed by atoms with Crippen molar-refractivity contribution in [2.75, 3.05) is 13.2 Å². The van der Waals surface area contributed by atoms with Gasteiger partial charge in [0, 0.05) is 31.1 Å². The number of hydrogen-bond acceptors (Lipinski definition) is 7. The Morgan fingerprint density at radius 3 is 2.68 bits per heavy atom. The molecule has 0 aromatic carbocycles. The summed E-state index contributed by atoms with van der Waals surface area (Å²) < 4.78 is 7.96. The highest BCUT2D eigenvalue weighted by atomic mass is 35.5. The Morgan fingerprint density at radius 1 is 1.26 bits per heavy atom. The molecule has 4 rings (SSSR count). The lowest BCUT2D eigenvalue weighted by Gasteiger charge is -2.28. The van der Waals surface area contributed by atoms with Gasteiger partial charge in [0.1, 0.15) is 17.6 Å². The summed E-state index contributed by atoms with van der Waals surface area (Å²) in [5.41, 5.74) is 8.84. The van der Waals surface area contributed by atoms with Gasteiger partial charge in [0.25, 0.3) is 0 Å². The molecule has 1 atom stereocenters. The summed E-state index contributed by atoms with van der Waals surface area (Å²) in [5.74, 6) is 1.72. The minimum atomic E-state index is -0.586. The van der Waals surface area contributed by atoms with Crippen LogP contribution in [-0.2, 0) is 11.3 Å². The molecule has 3 aromatic rings. The van der Waals surface area contributed by atoms with Gasteiger partial charge >= 0.3 is 0 Å². The van der Waals surface area contributed by atoms with E-state index in [-0.39, 0.29) is 18.1 Å². The summed E-state index contributed by atoms with van der Waals surface area (Å²) in [4.78, 5) is 13.8. The van der Waals surface area contributed by atoms with Crippen molar-refractivity contribution >= 4 is 28.5 Å². The molecule has 182 valence electrons. The average Bonchev–Trinajstić information content (AvgIpc) is 3.20. The van der Waals surface area contributed by atoms with E-state index >= 15 is 0 Å². The minimum Gasteiger partial charge on any atom is -0.409 e. The van der Waals surface area contributed by atoms with Crippen molar-refractivity contribution in [2.45, 2.75) is 52.2 Å². The van der Waals surface area contributed by atoms with Gasteiger partial charge in [-0.05, 0) is 43.7 Å². The zero-order chi connectivity index (χ0) is 24.2. The highest BCUT2D eigenvalue weighted by Gasteiger charge is 2.27. The van der Waals surface area contributed by atoms with E-state index in [0.29, 0.717) is 40.1 Å². The lowest BCUT2D eigenvalue weighted by molar-refractivity contribution is 0.0109. The second-order valence-electron chi connectivity index (χ2n) is 8.93. The number of aliphatic hydroxyl groups excluding tert-OH is 1. The van der Waals surface area contributed by atoms with Gasteiger partial charge in [0.2, 0.25) is 0 Å². The number of nitrogens with zero attached hydrogens (tertiary/aromatic N) is 5. The number of oxime groups is 1. The van der Waals surface area contributed by atoms with Gasteiger partial charge in [-0.2, -0.15) is 0 Å². The van der Waals surface area contributed by atoms with Gasteiger partial charge in [-0.1, -0.05) is 36.5 Å². The van der Waals surface area contributed by atoms with Crippen LogP contribution in [0.1, 0.15) is 57.2 Å². The number of aromatic nitrogens is 4. The monoisotopic (exact) mass is 486 g/mol. The number of amidine groups is 1. The molecule has 1 fully saturated rings. The van der Waals surface area contributed by atoms with Gasteiger partial charge in [-0.3, -0.25) is 4.98 Å². The molecule has 34 heavy (non-hydrogen) atoms. The average molecular weight is 487 g/mol. The van der Waals surface area contributed by atoms with E-state index in [1.165, 1.54) is 12.8 Å². The first kappa shape index (κ1) is 24.4. The van der Waals surface area contributed by atoms with Crippen LogP contribution < -0.4 is 5.73 Å². The lowest BCUT2D eigenvalue weighted by Crippen LogP contribution is -2.22. The van der Waals surface area contributed by atoms with Crippen LogP contribution in [0.15, 0.2) is 29.7 Å². The van der Waals surface area contributed by atoms with Crippen LogP contribution in [0.3, 0.4) is 0 Å². The molecule has 0 saturated heterocycles. The van der Waals surface area contributed by atoms with Crippen LogP contribution in [0, 0.1) is 11.8 Å². The van der Waals surface area contributed by atoms with E-state index in [0.717, 1.165) is 30.8 Å². The lowest BCUT2D eigenvalue weighted by atomic mass is 9.83. The predicted molar refractivity (Wildman–Crippen MR) is 131 cm³/mol. The second kappa shape index (κ2) is 10.7. The molecule has 0 spiro atoms. The first-order chi connectivity index (χ1) is 16.4. The molecule has 3 aromatic heterocycles. The van der Waals surface area contributed by atoms with E-state index in [9.17, 15) is 10.3 Å². The Morgan fingerprint density at radius 2 is 2.03 bits per heavy atom. The van der Waals surface area contributed by atoms with Crippen LogP contribution in [0.25, 0.3) is 22.3 Å². The number of hydrogen-bond donors (Lipinski definition) is 3. The molecular weight excluding hydrogens is 456 g/mol. The van der Waals surface area contributed by atoms with Crippen molar-refractivity contribution in [2.24, 2.45) is 22.7 Å². The third-order valence-electron chi connectivity index (χ3n) is 6.50. The van der Waals surface area contributed by atoms with Crippen LogP contribution in [0.4, 0.5) is 0 Å². The second-order valence-corrected chi connectivity index (χ2v) is 9.37. The van der Waals surface area contributed by atoms with E-state index in [1.807, 2.05) is 6.92 Å². The largest absolute Gasteiger partial charge is 0.409 e. The van der Waals surface area contributed by atoms with Gasteiger partial charge in [0.15, 0.2) is 5.84 Å². The van der Waals surface area contributed by atoms with Crippen molar-refractivity contribution in [3.05, 3.63) is 41.1 Å². The molecule has 0 aliphatic heterocycles. The minimum absolute atomic E-state index is 0.126. The quantitative estimate of drug-likeness (QED) is 0.189. The van der Waals surface area contributed by atoms with Crippen molar-refractivity contribution < 1.29 is 15.1 Å². The van der Waals surface area contributed by atoms with E-state index in [1.54, 1.807) is 24.5 Å². The smallest absolute Gasteiger partial charge is 0.188 e. The summed E-state index contributed by atoms with van der Waals surface area (Å²) in [6, 6.07) is 3.47. The highest BCUT2D eigenvalue weighted by Crippen LogP contribution is 2.35. The third kappa shape index (κ3) is 5.01. The van der Waals surface area contributed by atoms with Crippen LogP contribution in [0.5, 0.6) is 0 Å². The van der Waals surface area contributed by atoms with Crippen molar-refractivity contribution in [3.8, 4) is 11.3 Å². The molecule has 1 unspecified atom stereocenters. The number of nitrogens with two attached hydrogens (primary N) is 1. The summed E-state index contributed by atoms with van der Waals surface area (Å²) in [7, 11) is 0. The first-order valence-corrected chi connectivity index (χ1v) is 12.0. The maximum absolute atomic E-state index is 10.1. The third-order valence-corrected chi connectivity index (χ3v) is 6.71. The summed E-state index contributed by atoms with van der Waals surface area (Å²) in [6.45, 7) is 5.16. The fraction of sp³-hybridized carbons (Fsp3) is 0.500. The number of fused-ring (bicyclic) bond motifs is 1. The van der Waals surface area contributed by atoms with E-state index in [2.05, 4.69) is 21.6 Å². The Labute approximate surface area is 203 Å². The molecule has 10 heteroatoms. The summed E-state index contributed by atoms with van der Waals surface area (Å²) >= 11 is 6.25. The van der Waals surface area contributed by atoms with Crippen LogP contribution in [-0.4, -0.2) is 48.9 Å². The SMILES string of the molecule is CCOC(CO)c1nc2cc(/C(N)=N/O)nc(-c3cncc(Cl)c3)c2n1CC1CCC(C)CC1. The maximum Gasteiger partial charge on any atom is 0.188 e. The molecule has 0 radical (unpaired) electrons.